The van der Waals surface area contributed by atoms with Gasteiger partial charge in [0.15, 0.2) is 0 Å². The Morgan fingerprint density at radius 2 is 2.12 bits per heavy atom. The summed E-state index contributed by atoms with van der Waals surface area (Å²) in [4.78, 5) is 22.8. The van der Waals surface area contributed by atoms with E-state index in [0.717, 1.165) is 12.8 Å². The van der Waals surface area contributed by atoms with Gasteiger partial charge in [0, 0.05) is 6.61 Å². The van der Waals surface area contributed by atoms with E-state index in [2.05, 4.69) is 5.32 Å². The molecule has 1 aliphatic heterocycles. The maximum Gasteiger partial charge on any atom is 0.325 e. The first-order chi connectivity index (χ1) is 7.38. The van der Waals surface area contributed by atoms with E-state index in [-0.39, 0.29) is 12.5 Å². The Hall–Kier alpha value is -1.10. The van der Waals surface area contributed by atoms with Gasteiger partial charge >= 0.3 is 5.97 Å². The number of ether oxygens (including phenoxy) is 2. The van der Waals surface area contributed by atoms with E-state index < -0.39 is 17.7 Å². The molecule has 0 aliphatic carbocycles. The molecular formula is C11H19NO4. The van der Waals surface area contributed by atoms with Crippen LogP contribution >= 0.6 is 0 Å². The van der Waals surface area contributed by atoms with Crippen molar-refractivity contribution in [2.24, 2.45) is 0 Å². The fourth-order valence-corrected chi connectivity index (χ4v) is 1.44. The zero-order valence-electron chi connectivity index (χ0n) is 10.0. The number of hydrogen-bond acceptors (Lipinski definition) is 4. The minimum Gasteiger partial charge on any atom is -0.459 e. The lowest BCUT2D eigenvalue weighted by Crippen LogP contribution is -2.39. The van der Waals surface area contributed by atoms with Crippen LogP contribution < -0.4 is 5.32 Å². The maximum atomic E-state index is 11.5. The molecule has 0 saturated carbocycles. The third kappa shape index (κ3) is 4.61. The lowest BCUT2D eigenvalue weighted by Gasteiger charge is -2.19. The molecule has 92 valence electrons. The van der Waals surface area contributed by atoms with Crippen LogP contribution in [0.3, 0.4) is 0 Å². The molecule has 0 radical (unpaired) electrons. The zero-order valence-corrected chi connectivity index (χ0v) is 10.0. The highest BCUT2D eigenvalue weighted by molar-refractivity contribution is 5.85. The number of carbonyl (C=O) groups is 2. The Bertz CT molecular complexity index is 264. The van der Waals surface area contributed by atoms with Gasteiger partial charge < -0.3 is 14.8 Å². The van der Waals surface area contributed by atoms with Crippen LogP contribution in [0.4, 0.5) is 0 Å². The molecule has 1 aliphatic rings. The first-order valence-corrected chi connectivity index (χ1v) is 5.49. The average Bonchev–Trinajstić information content (AvgIpc) is 2.64. The van der Waals surface area contributed by atoms with Crippen LogP contribution in [-0.4, -0.2) is 36.7 Å². The molecule has 16 heavy (non-hydrogen) atoms. The van der Waals surface area contributed by atoms with Crippen molar-refractivity contribution in [1.82, 2.24) is 5.32 Å². The molecule has 1 fully saturated rings. The fraction of sp³-hybridized carbons (Fsp3) is 0.818. The predicted molar refractivity (Wildman–Crippen MR) is 57.8 cm³/mol. The SMILES string of the molecule is CC(C)(C)OC(=O)CNC(=O)C1CCCO1. The van der Waals surface area contributed by atoms with Gasteiger partial charge in [-0.15, -0.1) is 0 Å². The van der Waals surface area contributed by atoms with Gasteiger partial charge in [0.25, 0.3) is 0 Å². The fourth-order valence-electron chi connectivity index (χ4n) is 1.44. The van der Waals surface area contributed by atoms with Crippen molar-refractivity contribution >= 4 is 11.9 Å². The number of nitrogens with one attached hydrogen (secondary N) is 1. The van der Waals surface area contributed by atoms with Gasteiger partial charge in [0.05, 0.1) is 0 Å². The molecule has 1 N–H and O–H groups in total. The van der Waals surface area contributed by atoms with Gasteiger partial charge in [0.1, 0.15) is 18.2 Å². The molecule has 0 spiro atoms. The van der Waals surface area contributed by atoms with Crippen molar-refractivity contribution in [1.29, 1.82) is 0 Å². The minimum atomic E-state index is -0.522. The number of amides is 1. The lowest BCUT2D eigenvalue weighted by molar-refractivity contribution is -0.155. The van der Waals surface area contributed by atoms with Crippen molar-refractivity contribution in [3.05, 3.63) is 0 Å². The number of hydrogen-bond donors (Lipinski definition) is 1. The molecule has 1 unspecified atom stereocenters. The zero-order chi connectivity index (χ0) is 12.2. The van der Waals surface area contributed by atoms with Crippen molar-refractivity contribution in [2.45, 2.75) is 45.3 Å². The van der Waals surface area contributed by atoms with Gasteiger partial charge in [0.2, 0.25) is 5.91 Å². The van der Waals surface area contributed by atoms with E-state index in [9.17, 15) is 9.59 Å². The van der Waals surface area contributed by atoms with Gasteiger partial charge in [-0.05, 0) is 33.6 Å². The predicted octanol–water partition coefficient (Wildman–Crippen LogP) is 0.623. The molecule has 1 rings (SSSR count). The third-order valence-electron chi connectivity index (χ3n) is 2.05. The molecule has 0 aromatic heterocycles. The summed E-state index contributed by atoms with van der Waals surface area (Å²) in [5.41, 5.74) is -0.522. The smallest absolute Gasteiger partial charge is 0.325 e. The van der Waals surface area contributed by atoms with Crippen LogP contribution in [0.15, 0.2) is 0 Å². The van der Waals surface area contributed by atoms with Crippen LogP contribution in [0.5, 0.6) is 0 Å². The summed E-state index contributed by atoms with van der Waals surface area (Å²) in [5, 5.41) is 2.51. The van der Waals surface area contributed by atoms with E-state index in [4.69, 9.17) is 9.47 Å². The highest BCUT2D eigenvalue weighted by atomic mass is 16.6. The molecular weight excluding hydrogens is 210 g/mol. The Balaban J connectivity index is 2.23. The summed E-state index contributed by atoms with van der Waals surface area (Å²) in [7, 11) is 0. The summed E-state index contributed by atoms with van der Waals surface area (Å²) >= 11 is 0. The summed E-state index contributed by atoms with van der Waals surface area (Å²) in [6.07, 6.45) is 1.22. The molecule has 0 aromatic carbocycles. The van der Waals surface area contributed by atoms with Gasteiger partial charge in [-0.3, -0.25) is 9.59 Å². The van der Waals surface area contributed by atoms with Crippen LogP contribution in [0.25, 0.3) is 0 Å². The van der Waals surface area contributed by atoms with Crippen molar-refractivity contribution < 1.29 is 19.1 Å². The Morgan fingerprint density at radius 3 is 2.62 bits per heavy atom. The van der Waals surface area contributed by atoms with E-state index >= 15 is 0 Å². The van der Waals surface area contributed by atoms with Crippen molar-refractivity contribution in [2.75, 3.05) is 13.2 Å². The van der Waals surface area contributed by atoms with Gasteiger partial charge in [-0.25, -0.2) is 0 Å². The number of rotatable bonds is 3. The third-order valence-corrected chi connectivity index (χ3v) is 2.05. The molecule has 5 heteroatoms. The van der Waals surface area contributed by atoms with Crippen LogP contribution in [0, 0.1) is 0 Å². The molecule has 5 nitrogen and oxygen atoms in total. The van der Waals surface area contributed by atoms with Crippen LogP contribution in [0.2, 0.25) is 0 Å². The molecule has 1 heterocycles. The highest BCUT2D eigenvalue weighted by Crippen LogP contribution is 2.11. The van der Waals surface area contributed by atoms with Gasteiger partial charge in [-0.2, -0.15) is 0 Å². The summed E-state index contributed by atoms with van der Waals surface area (Å²) in [6, 6.07) is 0. The largest absolute Gasteiger partial charge is 0.459 e. The average molecular weight is 229 g/mol. The van der Waals surface area contributed by atoms with E-state index in [1.54, 1.807) is 20.8 Å². The standard InChI is InChI=1S/C11H19NO4/c1-11(2,3)16-9(13)7-12-10(14)8-5-4-6-15-8/h8H,4-7H2,1-3H3,(H,12,14). The van der Waals surface area contributed by atoms with E-state index in [0.29, 0.717) is 6.61 Å². The maximum absolute atomic E-state index is 11.5. The lowest BCUT2D eigenvalue weighted by atomic mass is 10.2. The molecule has 1 atom stereocenters. The summed E-state index contributed by atoms with van der Waals surface area (Å²) in [5.74, 6) is -0.665. The summed E-state index contributed by atoms with van der Waals surface area (Å²) in [6.45, 7) is 5.87. The summed E-state index contributed by atoms with van der Waals surface area (Å²) < 4.78 is 10.2. The monoisotopic (exact) mass is 229 g/mol. The Morgan fingerprint density at radius 1 is 1.44 bits per heavy atom. The highest BCUT2D eigenvalue weighted by Gasteiger charge is 2.24. The van der Waals surface area contributed by atoms with Crippen molar-refractivity contribution in [3.63, 3.8) is 0 Å². The van der Waals surface area contributed by atoms with E-state index in [1.165, 1.54) is 0 Å². The number of esters is 1. The first-order valence-electron chi connectivity index (χ1n) is 5.49. The van der Waals surface area contributed by atoms with Crippen LogP contribution in [-0.2, 0) is 19.1 Å². The number of carbonyl (C=O) groups excluding carboxylic acids is 2. The minimum absolute atomic E-state index is 0.101. The quantitative estimate of drug-likeness (QED) is 0.721. The molecule has 1 saturated heterocycles. The molecule has 1 amide bonds. The molecule has 0 bridgehead atoms. The second kappa shape index (κ2) is 5.30. The van der Waals surface area contributed by atoms with Crippen LogP contribution in [0.1, 0.15) is 33.6 Å². The Labute approximate surface area is 95.5 Å². The normalized spacial score (nSPS) is 20.6. The van der Waals surface area contributed by atoms with Crippen molar-refractivity contribution in [3.8, 4) is 0 Å². The first kappa shape index (κ1) is 13.0. The topological polar surface area (TPSA) is 64.6 Å². The van der Waals surface area contributed by atoms with Gasteiger partial charge in [-0.1, -0.05) is 0 Å². The second-order valence-electron chi connectivity index (χ2n) is 4.81. The Kier molecular flexibility index (Phi) is 4.29. The van der Waals surface area contributed by atoms with E-state index in [1.807, 2.05) is 0 Å². The second-order valence-corrected chi connectivity index (χ2v) is 4.81. The molecule has 0 aromatic rings.